The maximum absolute atomic E-state index is 13.9. The molecule has 1 aliphatic rings. The molecule has 0 heterocycles. The fourth-order valence-corrected chi connectivity index (χ4v) is 5.62. The smallest absolute Gasteiger partial charge is 0.244 e. The number of nitrogens with one attached hydrogen (secondary N) is 1. The Bertz CT molecular complexity index is 1210. The average Bonchev–Trinajstić information content (AvgIpc) is 3.40. The topological polar surface area (TPSA) is 105 Å². The number of methoxy groups -OCH3 is 2. The minimum Gasteiger partial charge on any atom is -0.497 e. The third kappa shape index (κ3) is 7.40. The van der Waals surface area contributed by atoms with Crippen molar-refractivity contribution in [2.75, 3.05) is 31.3 Å². The summed E-state index contributed by atoms with van der Waals surface area (Å²) in [5.74, 6) is 0.0368. The lowest BCUT2D eigenvalue weighted by Crippen LogP contribution is -2.53. The summed E-state index contributed by atoms with van der Waals surface area (Å²) in [6, 6.07) is 11.8. The van der Waals surface area contributed by atoms with Crippen molar-refractivity contribution in [3.05, 3.63) is 53.6 Å². The van der Waals surface area contributed by atoms with Gasteiger partial charge in [-0.25, -0.2) is 8.42 Å². The fourth-order valence-electron chi connectivity index (χ4n) is 4.76. The standard InChI is InChI=1S/C28H39N3O6S/c1-6-24(28(33)29-22-9-7-8-10-22)30(18-21-13-11-20(2)12-14-21)27(32)19-31(38(5,34)35)25-16-15-23(36-3)17-26(25)37-4/h11-17,22,24H,6-10,18-19H2,1-5H3,(H,29,33)/t24-/m0/s1. The van der Waals surface area contributed by atoms with Gasteiger partial charge in [-0.1, -0.05) is 49.6 Å². The van der Waals surface area contributed by atoms with E-state index in [-0.39, 0.29) is 29.9 Å². The van der Waals surface area contributed by atoms with E-state index < -0.39 is 28.5 Å². The second-order valence-electron chi connectivity index (χ2n) is 9.73. The highest BCUT2D eigenvalue weighted by Crippen LogP contribution is 2.34. The molecule has 3 rings (SSSR count). The van der Waals surface area contributed by atoms with E-state index in [0.717, 1.165) is 47.4 Å². The predicted molar refractivity (Wildman–Crippen MR) is 148 cm³/mol. The van der Waals surface area contributed by atoms with Crippen molar-refractivity contribution in [1.82, 2.24) is 10.2 Å². The molecule has 1 aliphatic carbocycles. The molecular formula is C28H39N3O6S. The zero-order valence-corrected chi connectivity index (χ0v) is 23.7. The third-order valence-electron chi connectivity index (χ3n) is 6.90. The van der Waals surface area contributed by atoms with Crippen molar-refractivity contribution in [3.8, 4) is 11.5 Å². The monoisotopic (exact) mass is 545 g/mol. The van der Waals surface area contributed by atoms with Gasteiger partial charge in [0, 0.05) is 18.7 Å². The van der Waals surface area contributed by atoms with Gasteiger partial charge in [0.05, 0.1) is 26.2 Å². The maximum atomic E-state index is 13.9. The zero-order valence-electron chi connectivity index (χ0n) is 22.9. The Morgan fingerprint density at radius 2 is 1.71 bits per heavy atom. The molecule has 10 heteroatoms. The number of hydrogen-bond acceptors (Lipinski definition) is 6. The number of carbonyl (C=O) groups excluding carboxylic acids is 2. The Morgan fingerprint density at radius 1 is 1.05 bits per heavy atom. The molecule has 2 aromatic rings. The highest BCUT2D eigenvalue weighted by atomic mass is 32.2. The Morgan fingerprint density at radius 3 is 2.26 bits per heavy atom. The van der Waals surface area contributed by atoms with Crippen LogP contribution < -0.4 is 19.1 Å². The summed E-state index contributed by atoms with van der Waals surface area (Å²) in [6.45, 7) is 3.52. The molecule has 1 atom stereocenters. The molecule has 0 radical (unpaired) electrons. The first kappa shape index (κ1) is 29.3. The zero-order chi connectivity index (χ0) is 27.9. The number of benzene rings is 2. The molecule has 9 nitrogen and oxygen atoms in total. The Kier molecular flexibility index (Phi) is 10.0. The molecule has 208 valence electrons. The molecule has 2 aromatic carbocycles. The van der Waals surface area contributed by atoms with Crippen LogP contribution in [-0.4, -0.2) is 64.2 Å². The molecule has 0 aromatic heterocycles. The van der Waals surface area contributed by atoms with Crippen LogP contribution in [0.5, 0.6) is 11.5 Å². The van der Waals surface area contributed by atoms with Crippen molar-refractivity contribution in [1.29, 1.82) is 0 Å². The number of carbonyl (C=O) groups is 2. The molecule has 1 fully saturated rings. The van der Waals surface area contributed by atoms with Crippen LogP contribution in [0.1, 0.15) is 50.2 Å². The number of nitrogens with zero attached hydrogens (tertiary/aromatic N) is 2. The highest BCUT2D eigenvalue weighted by Gasteiger charge is 2.33. The van der Waals surface area contributed by atoms with Gasteiger partial charge in [-0.3, -0.25) is 13.9 Å². The average molecular weight is 546 g/mol. The summed E-state index contributed by atoms with van der Waals surface area (Å²) < 4.78 is 37.5. The van der Waals surface area contributed by atoms with Crippen LogP contribution in [0.2, 0.25) is 0 Å². The van der Waals surface area contributed by atoms with Gasteiger partial charge in [0.25, 0.3) is 0 Å². The second-order valence-corrected chi connectivity index (χ2v) is 11.6. The van der Waals surface area contributed by atoms with Gasteiger partial charge in [-0.15, -0.1) is 0 Å². The van der Waals surface area contributed by atoms with Crippen LogP contribution in [0.4, 0.5) is 5.69 Å². The summed E-state index contributed by atoms with van der Waals surface area (Å²) in [5.41, 5.74) is 2.14. The maximum Gasteiger partial charge on any atom is 0.244 e. The first-order valence-electron chi connectivity index (χ1n) is 12.9. The summed E-state index contributed by atoms with van der Waals surface area (Å²) >= 11 is 0. The van der Waals surface area contributed by atoms with E-state index in [1.165, 1.54) is 19.1 Å². The lowest BCUT2D eigenvalue weighted by molar-refractivity contribution is -0.140. The number of sulfonamides is 1. The van der Waals surface area contributed by atoms with Crippen molar-refractivity contribution >= 4 is 27.5 Å². The van der Waals surface area contributed by atoms with Gasteiger partial charge in [0.15, 0.2) is 0 Å². The summed E-state index contributed by atoms with van der Waals surface area (Å²) in [4.78, 5) is 28.7. The van der Waals surface area contributed by atoms with Crippen molar-refractivity contribution in [2.24, 2.45) is 0 Å². The summed E-state index contributed by atoms with van der Waals surface area (Å²) in [6.07, 6.45) is 5.42. The first-order valence-corrected chi connectivity index (χ1v) is 14.8. The third-order valence-corrected chi connectivity index (χ3v) is 8.02. The quantitative estimate of drug-likeness (QED) is 0.437. The van der Waals surface area contributed by atoms with Crippen LogP contribution >= 0.6 is 0 Å². The van der Waals surface area contributed by atoms with E-state index in [9.17, 15) is 18.0 Å². The van der Waals surface area contributed by atoms with Gasteiger partial charge >= 0.3 is 0 Å². The Labute approximate surface area is 226 Å². The molecule has 0 aliphatic heterocycles. The van der Waals surface area contributed by atoms with E-state index >= 15 is 0 Å². The van der Waals surface area contributed by atoms with Crippen molar-refractivity contribution in [3.63, 3.8) is 0 Å². The van der Waals surface area contributed by atoms with Crippen LogP contribution in [0, 0.1) is 6.92 Å². The lowest BCUT2D eigenvalue weighted by Gasteiger charge is -2.33. The van der Waals surface area contributed by atoms with E-state index in [1.807, 2.05) is 38.1 Å². The van der Waals surface area contributed by atoms with Gasteiger partial charge in [0.2, 0.25) is 21.8 Å². The summed E-state index contributed by atoms with van der Waals surface area (Å²) in [7, 11) is -0.966. The van der Waals surface area contributed by atoms with Crippen LogP contribution in [0.25, 0.3) is 0 Å². The number of aryl methyl sites for hydroxylation is 1. The van der Waals surface area contributed by atoms with E-state index in [4.69, 9.17) is 9.47 Å². The molecular weight excluding hydrogens is 506 g/mol. The molecule has 1 N–H and O–H groups in total. The molecule has 0 saturated heterocycles. The minimum atomic E-state index is -3.88. The predicted octanol–water partition coefficient (Wildman–Crippen LogP) is 3.64. The molecule has 2 amide bonds. The molecule has 38 heavy (non-hydrogen) atoms. The van der Waals surface area contributed by atoms with E-state index in [2.05, 4.69) is 5.32 Å². The van der Waals surface area contributed by atoms with Crippen LogP contribution in [0.15, 0.2) is 42.5 Å². The summed E-state index contributed by atoms with van der Waals surface area (Å²) in [5, 5.41) is 3.11. The largest absolute Gasteiger partial charge is 0.497 e. The SMILES string of the molecule is CC[C@@H](C(=O)NC1CCCC1)N(Cc1ccc(C)cc1)C(=O)CN(c1ccc(OC)cc1OC)S(C)(=O)=O. The van der Waals surface area contributed by atoms with Gasteiger partial charge in [0.1, 0.15) is 24.1 Å². The lowest BCUT2D eigenvalue weighted by atomic mass is 10.1. The van der Waals surface area contributed by atoms with Crippen LogP contribution in [-0.2, 0) is 26.2 Å². The number of ether oxygens (including phenoxy) is 2. The van der Waals surface area contributed by atoms with E-state index in [1.54, 1.807) is 18.2 Å². The fraction of sp³-hybridized carbons (Fsp3) is 0.500. The molecule has 0 bridgehead atoms. The molecule has 0 unspecified atom stereocenters. The van der Waals surface area contributed by atoms with Gasteiger partial charge in [-0.05, 0) is 43.9 Å². The molecule has 0 spiro atoms. The van der Waals surface area contributed by atoms with Crippen LogP contribution in [0.3, 0.4) is 0 Å². The number of hydrogen-bond donors (Lipinski definition) is 1. The number of amides is 2. The second kappa shape index (κ2) is 13.0. The first-order chi connectivity index (χ1) is 18.1. The highest BCUT2D eigenvalue weighted by molar-refractivity contribution is 7.92. The Balaban J connectivity index is 1.96. The Hall–Kier alpha value is -3.27. The number of anilines is 1. The van der Waals surface area contributed by atoms with Gasteiger partial charge in [-0.2, -0.15) is 0 Å². The van der Waals surface area contributed by atoms with Crippen molar-refractivity contribution < 1.29 is 27.5 Å². The minimum absolute atomic E-state index is 0.101. The van der Waals surface area contributed by atoms with E-state index in [0.29, 0.717) is 12.2 Å². The van der Waals surface area contributed by atoms with Gasteiger partial charge < -0.3 is 19.7 Å². The number of rotatable bonds is 12. The normalized spacial score (nSPS) is 14.6. The molecule has 1 saturated carbocycles. The van der Waals surface area contributed by atoms with Crippen molar-refractivity contribution in [2.45, 2.75) is 64.6 Å².